The lowest BCUT2D eigenvalue weighted by Crippen LogP contribution is -2.71. The van der Waals surface area contributed by atoms with Gasteiger partial charge in [-0.15, -0.1) is 23.1 Å². The van der Waals surface area contributed by atoms with Crippen LogP contribution < -0.4 is 10.6 Å². The van der Waals surface area contributed by atoms with E-state index in [1.54, 1.807) is 0 Å². The normalized spacial score (nSPS) is 20.5. The minimum atomic E-state index is -5.15. The maximum Gasteiger partial charge on any atom is 0.471 e. The number of hydrogen-bond donors (Lipinski definition) is 3. The lowest BCUT2D eigenvalue weighted by molar-refractivity contribution is -0.167. The van der Waals surface area contributed by atoms with Gasteiger partial charge in [0.25, 0.3) is 11.8 Å². The third-order valence-corrected chi connectivity index (χ3v) is 6.31. The van der Waals surface area contributed by atoms with Crippen molar-refractivity contribution in [3.63, 3.8) is 0 Å². The summed E-state index contributed by atoms with van der Waals surface area (Å²) in [6.07, 6.45) is -4.81. The van der Waals surface area contributed by atoms with Gasteiger partial charge in [-0.2, -0.15) is 13.2 Å². The Labute approximate surface area is 189 Å². The summed E-state index contributed by atoms with van der Waals surface area (Å²) in [5.41, 5.74) is -1.30. The number of hydrogen-bond acceptors (Lipinski definition) is 10. The van der Waals surface area contributed by atoms with Crippen LogP contribution in [0.2, 0.25) is 0 Å². The number of aliphatic carboxylic acids is 1. The topological polar surface area (TPSA) is 167 Å². The maximum atomic E-state index is 12.7. The van der Waals surface area contributed by atoms with Gasteiger partial charge >= 0.3 is 18.1 Å². The molecule has 3 amide bonds. The molecule has 1 aromatic heterocycles. The van der Waals surface area contributed by atoms with Crippen molar-refractivity contribution in [1.82, 2.24) is 15.2 Å². The molecule has 0 radical (unpaired) electrons. The summed E-state index contributed by atoms with van der Waals surface area (Å²) < 4.78 is 37.2. The largest absolute Gasteiger partial charge is 0.477 e. The van der Waals surface area contributed by atoms with Crippen molar-refractivity contribution < 1.29 is 47.1 Å². The predicted molar refractivity (Wildman–Crippen MR) is 106 cm³/mol. The van der Waals surface area contributed by atoms with Crippen LogP contribution in [0.25, 0.3) is 0 Å². The Morgan fingerprint density at radius 1 is 1.39 bits per heavy atom. The molecule has 0 saturated carbocycles. The summed E-state index contributed by atoms with van der Waals surface area (Å²) in [6.45, 7) is 0. The van der Waals surface area contributed by atoms with E-state index in [0.29, 0.717) is 17.6 Å². The van der Waals surface area contributed by atoms with Gasteiger partial charge < -0.3 is 15.3 Å². The monoisotopic (exact) mass is 507 g/mol. The van der Waals surface area contributed by atoms with Crippen molar-refractivity contribution in [2.75, 3.05) is 18.2 Å². The molecule has 2 aliphatic heterocycles. The highest BCUT2D eigenvalue weighted by Crippen LogP contribution is 2.39. The number of thiazole rings is 1. The number of carbonyl (C=O) groups excluding carboxylic acids is 4. The van der Waals surface area contributed by atoms with E-state index in [4.69, 9.17) is 0 Å². The van der Waals surface area contributed by atoms with Gasteiger partial charge in [0.15, 0.2) is 10.8 Å². The van der Waals surface area contributed by atoms with Crippen LogP contribution in [0.3, 0.4) is 0 Å². The number of amides is 3. The Kier molecular flexibility index (Phi) is 6.73. The molecule has 33 heavy (non-hydrogen) atoms. The predicted octanol–water partition coefficient (Wildman–Crippen LogP) is -0.0681. The average molecular weight is 507 g/mol. The molecular weight excluding hydrogens is 495 g/mol. The number of rotatable bonds is 7. The number of anilines is 1. The highest BCUT2D eigenvalue weighted by Gasteiger charge is 2.54. The molecule has 2 atom stereocenters. The lowest BCUT2D eigenvalue weighted by atomic mass is 10.0. The quantitative estimate of drug-likeness (QED) is 0.198. The zero-order chi connectivity index (χ0) is 24.5. The molecule has 0 aliphatic carbocycles. The Morgan fingerprint density at radius 2 is 2.09 bits per heavy atom. The number of fused-ring (bicyclic) bond motifs is 1. The smallest absolute Gasteiger partial charge is 0.471 e. The number of β-lactam (4-membered cyclic amide) rings is 1. The van der Waals surface area contributed by atoms with Crippen LogP contribution in [0, 0.1) is 0 Å². The summed E-state index contributed by atoms with van der Waals surface area (Å²) in [7, 11) is 1.09. The second-order valence-electron chi connectivity index (χ2n) is 6.27. The van der Waals surface area contributed by atoms with Gasteiger partial charge in [0.05, 0.1) is 0 Å². The van der Waals surface area contributed by atoms with E-state index >= 15 is 0 Å². The van der Waals surface area contributed by atoms with E-state index in [9.17, 15) is 42.3 Å². The Balaban J connectivity index is 1.76. The van der Waals surface area contributed by atoms with Crippen LogP contribution >= 0.6 is 23.1 Å². The van der Waals surface area contributed by atoms with E-state index in [1.807, 2.05) is 0 Å². The van der Waals surface area contributed by atoms with Crippen LogP contribution in [0.4, 0.5) is 18.3 Å². The molecule has 1 saturated heterocycles. The third kappa shape index (κ3) is 4.68. The van der Waals surface area contributed by atoms with E-state index in [2.05, 4.69) is 20.3 Å². The van der Waals surface area contributed by atoms with Gasteiger partial charge in [-0.25, -0.2) is 9.78 Å². The molecule has 1 aromatic rings. The number of halogens is 3. The van der Waals surface area contributed by atoms with Crippen LogP contribution in [0.15, 0.2) is 21.8 Å². The molecule has 2 aliphatic rings. The highest BCUT2D eigenvalue weighted by molar-refractivity contribution is 8.00. The minimum Gasteiger partial charge on any atom is -0.477 e. The van der Waals surface area contributed by atoms with Crippen molar-refractivity contribution in [3.05, 3.63) is 22.3 Å². The summed E-state index contributed by atoms with van der Waals surface area (Å²) in [5, 5.41) is 16.5. The zero-order valence-electron chi connectivity index (χ0n) is 16.2. The number of alkyl halides is 3. The standard InChI is InChI=1S/C16H12F3N5O7S2/c1-31-23-7(6-4-33-15(20-6)22-14(30)16(17,18)19)10(26)21-8-11(27)24-9(13(28)29)5(2-25)3-32-12(8)24/h2,4,8,12H,3H2,1H3,(H,21,26)(H,28,29)(H,20,22,30)/t8?,12-/m1/s1. The second kappa shape index (κ2) is 9.18. The fourth-order valence-electron chi connectivity index (χ4n) is 2.85. The molecule has 12 nitrogen and oxygen atoms in total. The first kappa shape index (κ1) is 24.2. The molecule has 3 N–H and O–H groups in total. The molecule has 176 valence electrons. The van der Waals surface area contributed by atoms with Crippen LogP contribution in [-0.4, -0.2) is 81.1 Å². The molecule has 17 heteroatoms. The number of carboxylic acids is 1. The molecule has 3 rings (SSSR count). The Morgan fingerprint density at radius 3 is 2.67 bits per heavy atom. The van der Waals surface area contributed by atoms with Crippen LogP contribution in [0.1, 0.15) is 5.69 Å². The first-order valence-corrected chi connectivity index (χ1v) is 10.5. The van der Waals surface area contributed by atoms with E-state index < -0.39 is 57.8 Å². The fraction of sp³-hybridized carbons (Fsp3) is 0.312. The molecule has 0 spiro atoms. The molecule has 3 heterocycles. The number of aromatic nitrogens is 1. The number of nitrogens with zero attached hydrogens (tertiary/aromatic N) is 3. The van der Waals surface area contributed by atoms with Gasteiger partial charge in [-0.3, -0.25) is 29.4 Å². The van der Waals surface area contributed by atoms with E-state index in [0.717, 1.165) is 29.2 Å². The number of oxime groups is 1. The van der Waals surface area contributed by atoms with Gasteiger partial charge in [0.2, 0.25) is 0 Å². The Hall–Kier alpha value is -3.47. The molecule has 0 bridgehead atoms. The van der Waals surface area contributed by atoms with Gasteiger partial charge in [-0.1, -0.05) is 5.16 Å². The summed E-state index contributed by atoms with van der Waals surface area (Å²) in [4.78, 5) is 67.9. The average Bonchev–Trinajstić information content (AvgIpc) is 3.21. The molecule has 1 fully saturated rings. The van der Waals surface area contributed by atoms with Crippen molar-refractivity contribution in [1.29, 1.82) is 0 Å². The Bertz CT molecular complexity index is 1100. The molecule has 1 unspecified atom stereocenters. The summed E-state index contributed by atoms with van der Waals surface area (Å²) in [5.74, 6) is -5.51. The van der Waals surface area contributed by atoms with Gasteiger partial charge in [0, 0.05) is 16.7 Å². The van der Waals surface area contributed by atoms with E-state index in [1.165, 1.54) is 5.32 Å². The first-order chi connectivity index (χ1) is 15.5. The van der Waals surface area contributed by atoms with Crippen molar-refractivity contribution in [2.45, 2.75) is 17.6 Å². The third-order valence-electron chi connectivity index (χ3n) is 4.25. The van der Waals surface area contributed by atoms with Gasteiger partial charge in [-0.05, 0) is 0 Å². The second-order valence-corrected chi connectivity index (χ2v) is 8.23. The number of nitrogens with one attached hydrogen (secondary N) is 2. The zero-order valence-corrected chi connectivity index (χ0v) is 17.8. The minimum absolute atomic E-state index is 0.000677. The maximum absolute atomic E-state index is 12.7. The summed E-state index contributed by atoms with van der Waals surface area (Å²) >= 11 is 1.64. The van der Waals surface area contributed by atoms with E-state index in [-0.39, 0.29) is 17.0 Å². The van der Waals surface area contributed by atoms with Crippen molar-refractivity contribution in [2.24, 2.45) is 5.16 Å². The first-order valence-electron chi connectivity index (χ1n) is 8.62. The van der Waals surface area contributed by atoms with Crippen molar-refractivity contribution >= 4 is 63.9 Å². The number of carbonyl (C=O) groups is 5. The van der Waals surface area contributed by atoms with Crippen molar-refractivity contribution in [3.8, 4) is 0 Å². The number of aldehydes is 1. The van der Waals surface area contributed by atoms with Gasteiger partial charge in [0.1, 0.15) is 36.2 Å². The number of carboxylic acid groups (broad SMARTS) is 1. The molecule has 0 aromatic carbocycles. The SMILES string of the molecule is CON=C(C(=O)NC1C(=O)N2C(C(=O)O)=C(C=O)CS[C@H]12)c1csc(NC(=O)C(F)(F)F)n1. The van der Waals surface area contributed by atoms with Crippen LogP contribution in [-0.2, 0) is 28.8 Å². The highest BCUT2D eigenvalue weighted by atomic mass is 32.2. The van der Waals surface area contributed by atoms with Crippen LogP contribution in [0.5, 0.6) is 0 Å². The molecular formula is C16H12F3N5O7S2. The number of thioether (sulfide) groups is 1. The summed E-state index contributed by atoms with van der Waals surface area (Å²) in [6, 6.07) is -1.17. The fourth-order valence-corrected chi connectivity index (χ4v) is 4.83. The lowest BCUT2D eigenvalue weighted by Gasteiger charge is -2.48.